The van der Waals surface area contributed by atoms with Gasteiger partial charge in [0.2, 0.25) is 0 Å². The van der Waals surface area contributed by atoms with E-state index >= 15 is 0 Å². The number of nitrogens with one attached hydrogen (secondary N) is 1. The van der Waals surface area contributed by atoms with Crippen molar-refractivity contribution in [3.05, 3.63) is 22.6 Å². The smallest absolute Gasteiger partial charge is 0.308 e. The molecule has 0 aromatic carbocycles. The molecule has 0 spiro atoms. The Morgan fingerprint density at radius 2 is 1.79 bits per heavy atom. The molecule has 1 amide bonds. The Morgan fingerprint density at radius 3 is 2.16 bits per heavy atom. The van der Waals surface area contributed by atoms with Gasteiger partial charge in [-0.05, 0) is 26.7 Å². The maximum absolute atomic E-state index is 12.1. The number of aliphatic carboxylic acids is 1. The van der Waals surface area contributed by atoms with Crippen LogP contribution in [0.5, 0.6) is 0 Å². The van der Waals surface area contributed by atoms with E-state index in [1.807, 2.05) is 20.8 Å². The zero-order chi connectivity index (χ0) is 14.7. The van der Waals surface area contributed by atoms with Crippen LogP contribution in [-0.4, -0.2) is 23.5 Å². The minimum atomic E-state index is -0.896. The van der Waals surface area contributed by atoms with Crippen molar-refractivity contribution in [2.75, 3.05) is 6.54 Å². The van der Waals surface area contributed by atoms with E-state index in [-0.39, 0.29) is 18.4 Å². The van der Waals surface area contributed by atoms with Crippen LogP contribution in [0.4, 0.5) is 0 Å². The van der Waals surface area contributed by atoms with E-state index in [1.165, 1.54) is 0 Å². The molecule has 0 fully saturated rings. The lowest BCUT2D eigenvalue weighted by Gasteiger charge is -2.16. The van der Waals surface area contributed by atoms with E-state index in [0.717, 1.165) is 5.56 Å². The van der Waals surface area contributed by atoms with Gasteiger partial charge in [-0.3, -0.25) is 9.59 Å². The molecular formula is C14H21NO4. The van der Waals surface area contributed by atoms with E-state index in [1.54, 1.807) is 13.8 Å². The summed E-state index contributed by atoms with van der Waals surface area (Å²) in [5, 5.41) is 11.7. The number of aryl methyl sites for hydroxylation is 2. The number of hydrogen-bond donors (Lipinski definition) is 2. The summed E-state index contributed by atoms with van der Waals surface area (Å²) in [6, 6.07) is 0. The highest BCUT2D eigenvalue weighted by molar-refractivity contribution is 5.97. The number of furan rings is 1. The van der Waals surface area contributed by atoms with Gasteiger partial charge < -0.3 is 14.8 Å². The second-order valence-corrected chi connectivity index (χ2v) is 5.11. The second kappa shape index (κ2) is 5.91. The number of carboxylic acids is 1. The summed E-state index contributed by atoms with van der Waals surface area (Å²) in [4.78, 5) is 23.1. The molecule has 0 aliphatic carbocycles. The molecule has 0 radical (unpaired) electrons. The highest BCUT2D eigenvalue weighted by atomic mass is 16.4. The standard InChI is InChI=1S/C14H21NO4/c1-7(2)11(14(17)18)6-15-13(16)12-8(3)9(4)19-10(12)5/h7,11H,6H2,1-5H3,(H,15,16)(H,17,18). The number of carbonyl (C=O) groups excluding carboxylic acids is 1. The maximum Gasteiger partial charge on any atom is 0.308 e. The quantitative estimate of drug-likeness (QED) is 0.857. The minimum Gasteiger partial charge on any atom is -0.481 e. The molecule has 2 N–H and O–H groups in total. The van der Waals surface area contributed by atoms with E-state index in [9.17, 15) is 9.59 Å². The van der Waals surface area contributed by atoms with Crippen molar-refractivity contribution < 1.29 is 19.1 Å². The van der Waals surface area contributed by atoms with Gasteiger partial charge in [-0.25, -0.2) is 0 Å². The lowest BCUT2D eigenvalue weighted by Crippen LogP contribution is -2.35. The number of amides is 1. The van der Waals surface area contributed by atoms with Crippen LogP contribution in [0.25, 0.3) is 0 Å². The number of carbonyl (C=O) groups is 2. The Kier molecular flexibility index (Phi) is 4.75. The lowest BCUT2D eigenvalue weighted by atomic mass is 9.96. The predicted molar refractivity (Wildman–Crippen MR) is 71.2 cm³/mol. The number of carboxylic acid groups (broad SMARTS) is 1. The van der Waals surface area contributed by atoms with Gasteiger partial charge in [-0.2, -0.15) is 0 Å². The van der Waals surface area contributed by atoms with E-state index in [4.69, 9.17) is 9.52 Å². The van der Waals surface area contributed by atoms with Crippen molar-refractivity contribution in [1.29, 1.82) is 0 Å². The molecule has 0 bridgehead atoms. The van der Waals surface area contributed by atoms with Gasteiger partial charge in [0.25, 0.3) is 5.91 Å². The second-order valence-electron chi connectivity index (χ2n) is 5.11. The molecule has 5 nitrogen and oxygen atoms in total. The van der Waals surface area contributed by atoms with Crippen LogP contribution in [-0.2, 0) is 4.79 Å². The first-order valence-electron chi connectivity index (χ1n) is 6.33. The first kappa shape index (κ1) is 15.3. The zero-order valence-corrected chi connectivity index (χ0v) is 12.0. The molecule has 19 heavy (non-hydrogen) atoms. The molecular weight excluding hydrogens is 246 g/mol. The van der Waals surface area contributed by atoms with E-state index in [0.29, 0.717) is 17.1 Å². The Balaban J connectivity index is 2.78. The van der Waals surface area contributed by atoms with Gasteiger partial charge in [0.15, 0.2) is 0 Å². The van der Waals surface area contributed by atoms with Crippen LogP contribution in [0.15, 0.2) is 4.42 Å². The van der Waals surface area contributed by atoms with Crippen molar-refractivity contribution >= 4 is 11.9 Å². The highest BCUT2D eigenvalue weighted by Gasteiger charge is 2.24. The summed E-state index contributed by atoms with van der Waals surface area (Å²) in [5.74, 6) is -0.528. The SMILES string of the molecule is Cc1oc(C)c(C(=O)NCC(C(=O)O)C(C)C)c1C. The third-order valence-corrected chi connectivity index (χ3v) is 3.39. The van der Waals surface area contributed by atoms with Crippen molar-refractivity contribution in [1.82, 2.24) is 5.32 Å². The maximum atomic E-state index is 12.1. The van der Waals surface area contributed by atoms with E-state index < -0.39 is 11.9 Å². The van der Waals surface area contributed by atoms with Crippen molar-refractivity contribution in [3.8, 4) is 0 Å². The first-order valence-corrected chi connectivity index (χ1v) is 6.33. The monoisotopic (exact) mass is 267 g/mol. The molecule has 0 aliphatic rings. The fourth-order valence-corrected chi connectivity index (χ4v) is 2.03. The predicted octanol–water partition coefficient (Wildman–Crippen LogP) is 2.29. The number of hydrogen-bond acceptors (Lipinski definition) is 3. The fraction of sp³-hybridized carbons (Fsp3) is 0.571. The normalized spacial score (nSPS) is 12.5. The summed E-state index contributed by atoms with van der Waals surface area (Å²) in [7, 11) is 0. The summed E-state index contributed by atoms with van der Waals surface area (Å²) in [5.41, 5.74) is 1.30. The first-order chi connectivity index (χ1) is 8.75. The average molecular weight is 267 g/mol. The van der Waals surface area contributed by atoms with Crippen LogP contribution in [0.2, 0.25) is 0 Å². The van der Waals surface area contributed by atoms with Crippen LogP contribution in [0.1, 0.15) is 41.3 Å². The van der Waals surface area contributed by atoms with Crippen molar-refractivity contribution in [2.45, 2.75) is 34.6 Å². The molecule has 1 heterocycles. The third kappa shape index (κ3) is 3.36. The van der Waals surface area contributed by atoms with Crippen molar-refractivity contribution in [3.63, 3.8) is 0 Å². The highest BCUT2D eigenvalue weighted by Crippen LogP contribution is 2.20. The Labute approximate surface area is 113 Å². The van der Waals surface area contributed by atoms with E-state index in [2.05, 4.69) is 5.32 Å². The topological polar surface area (TPSA) is 79.5 Å². The molecule has 1 unspecified atom stereocenters. The average Bonchev–Trinajstić information content (AvgIpc) is 2.52. The van der Waals surface area contributed by atoms with Crippen molar-refractivity contribution in [2.24, 2.45) is 11.8 Å². The van der Waals surface area contributed by atoms with Gasteiger partial charge in [0.1, 0.15) is 11.5 Å². The summed E-state index contributed by atoms with van der Waals surface area (Å²) >= 11 is 0. The molecule has 5 heteroatoms. The molecule has 0 aliphatic heterocycles. The van der Waals surface area contributed by atoms with Gasteiger partial charge in [0, 0.05) is 12.1 Å². The molecule has 0 saturated heterocycles. The van der Waals surface area contributed by atoms with Crippen LogP contribution in [0, 0.1) is 32.6 Å². The molecule has 1 atom stereocenters. The van der Waals surface area contributed by atoms with Gasteiger partial charge in [-0.15, -0.1) is 0 Å². The van der Waals surface area contributed by atoms with Gasteiger partial charge in [0.05, 0.1) is 11.5 Å². The molecule has 1 aromatic rings. The number of rotatable bonds is 5. The zero-order valence-electron chi connectivity index (χ0n) is 12.0. The van der Waals surface area contributed by atoms with Crippen LogP contribution < -0.4 is 5.32 Å². The summed E-state index contributed by atoms with van der Waals surface area (Å²) in [6.07, 6.45) is 0. The lowest BCUT2D eigenvalue weighted by molar-refractivity contribution is -0.142. The minimum absolute atomic E-state index is 0.0360. The van der Waals surface area contributed by atoms with Gasteiger partial charge >= 0.3 is 5.97 Å². The molecule has 106 valence electrons. The summed E-state index contributed by atoms with van der Waals surface area (Å²) in [6.45, 7) is 9.11. The Morgan fingerprint density at radius 1 is 1.21 bits per heavy atom. The van der Waals surface area contributed by atoms with Crippen LogP contribution in [0.3, 0.4) is 0 Å². The summed E-state index contributed by atoms with van der Waals surface area (Å²) < 4.78 is 5.39. The Hall–Kier alpha value is -1.78. The Bertz CT molecular complexity index is 488. The van der Waals surface area contributed by atoms with Gasteiger partial charge in [-0.1, -0.05) is 13.8 Å². The molecule has 1 rings (SSSR count). The molecule has 1 aromatic heterocycles. The van der Waals surface area contributed by atoms with Crippen LogP contribution >= 0.6 is 0 Å². The third-order valence-electron chi connectivity index (χ3n) is 3.39. The fourth-order valence-electron chi connectivity index (χ4n) is 2.03. The molecule has 0 saturated carbocycles. The largest absolute Gasteiger partial charge is 0.481 e.